The Morgan fingerprint density at radius 2 is 1.96 bits per heavy atom. The van der Waals surface area contributed by atoms with Gasteiger partial charge in [-0.3, -0.25) is 0 Å². The number of benzene rings is 1. The van der Waals surface area contributed by atoms with E-state index < -0.39 is 0 Å². The number of aliphatic imine (C=N–C) groups is 1. The maximum absolute atomic E-state index is 4.69. The van der Waals surface area contributed by atoms with Crippen molar-refractivity contribution in [1.82, 2.24) is 25.4 Å². The number of unbranched alkanes of at least 4 members (excludes halogenated alkanes) is 1. The van der Waals surface area contributed by atoms with Crippen LogP contribution in [0.2, 0.25) is 0 Å². The molecule has 0 aliphatic heterocycles. The molecule has 0 saturated heterocycles. The first-order valence-electron chi connectivity index (χ1n) is 8.67. The molecule has 0 atom stereocenters. The monoisotopic (exact) mass is 328 g/mol. The minimum absolute atomic E-state index is 0.611. The van der Waals surface area contributed by atoms with Crippen molar-refractivity contribution in [2.24, 2.45) is 4.99 Å². The average Bonchev–Trinajstić information content (AvgIpc) is 3.06. The molecule has 0 radical (unpaired) electrons. The quantitative estimate of drug-likeness (QED) is 0.444. The Morgan fingerprint density at radius 1 is 1.17 bits per heavy atom. The lowest BCUT2D eigenvalue weighted by atomic mass is 10.1. The van der Waals surface area contributed by atoms with Gasteiger partial charge in [-0.1, -0.05) is 43.2 Å². The largest absolute Gasteiger partial charge is 0.356 e. The fourth-order valence-electron chi connectivity index (χ4n) is 2.26. The molecule has 0 amide bonds. The minimum atomic E-state index is 0.611. The number of guanidine groups is 1. The SMILES string of the molecule is CCCCNC(=NCc1ccc(C)cc1)NCc1nncn1CC. The van der Waals surface area contributed by atoms with E-state index in [4.69, 9.17) is 0 Å². The summed E-state index contributed by atoms with van der Waals surface area (Å²) in [5.74, 6) is 1.73. The highest BCUT2D eigenvalue weighted by molar-refractivity contribution is 5.79. The summed E-state index contributed by atoms with van der Waals surface area (Å²) in [6, 6.07) is 8.48. The molecule has 0 unspecified atom stereocenters. The third kappa shape index (κ3) is 5.68. The predicted molar refractivity (Wildman–Crippen MR) is 97.8 cm³/mol. The second-order valence-corrected chi connectivity index (χ2v) is 5.82. The number of nitrogens with zero attached hydrogens (tertiary/aromatic N) is 4. The van der Waals surface area contributed by atoms with Gasteiger partial charge in [0.15, 0.2) is 11.8 Å². The summed E-state index contributed by atoms with van der Waals surface area (Å²) >= 11 is 0. The van der Waals surface area contributed by atoms with Crippen molar-refractivity contribution < 1.29 is 0 Å². The van der Waals surface area contributed by atoms with Gasteiger partial charge in [-0.2, -0.15) is 0 Å². The molecule has 0 spiro atoms. The van der Waals surface area contributed by atoms with Crippen LogP contribution in [0.5, 0.6) is 0 Å². The minimum Gasteiger partial charge on any atom is -0.356 e. The van der Waals surface area contributed by atoms with Gasteiger partial charge in [0.25, 0.3) is 0 Å². The van der Waals surface area contributed by atoms with Crippen molar-refractivity contribution in [2.45, 2.75) is 53.2 Å². The van der Waals surface area contributed by atoms with Crippen molar-refractivity contribution in [3.63, 3.8) is 0 Å². The summed E-state index contributed by atoms with van der Waals surface area (Å²) in [5.41, 5.74) is 2.47. The molecule has 2 rings (SSSR count). The van der Waals surface area contributed by atoms with E-state index in [-0.39, 0.29) is 0 Å². The van der Waals surface area contributed by atoms with Crippen molar-refractivity contribution in [1.29, 1.82) is 0 Å². The molecular formula is C18H28N6. The van der Waals surface area contributed by atoms with Crippen molar-refractivity contribution in [3.05, 3.63) is 47.5 Å². The molecule has 0 saturated carbocycles. The highest BCUT2D eigenvalue weighted by Crippen LogP contribution is 2.04. The smallest absolute Gasteiger partial charge is 0.191 e. The van der Waals surface area contributed by atoms with E-state index in [0.29, 0.717) is 13.1 Å². The van der Waals surface area contributed by atoms with E-state index in [9.17, 15) is 0 Å². The molecule has 1 aromatic heterocycles. The molecule has 130 valence electrons. The fraction of sp³-hybridized carbons (Fsp3) is 0.500. The van der Waals surface area contributed by atoms with Gasteiger partial charge in [0.2, 0.25) is 0 Å². The van der Waals surface area contributed by atoms with E-state index >= 15 is 0 Å². The van der Waals surface area contributed by atoms with Crippen LogP contribution in [0, 0.1) is 6.92 Å². The number of nitrogens with one attached hydrogen (secondary N) is 2. The van der Waals surface area contributed by atoms with Gasteiger partial charge in [-0.25, -0.2) is 4.99 Å². The number of hydrogen-bond donors (Lipinski definition) is 2. The lowest BCUT2D eigenvalue weighted by Gasteiger charge is -2.12. The summed E-state index contributed by atoms with van der Waals surface area (Å²) < 4.78 is 2.02. The zero-order chi connectivity index (χ0) is 17.2. The third-order valence-electron chi connectivity index (χ3n) is 3.81. The van der Waals surface area contributed by atoms with Gasteiger partial charge in [-0.15, -0.1) is 10.2 Å². The Hall–Kier alpha value is -2.37. The zero-order valence-corrected chi connectivity index (χ0v) is 14.9. The second kappa shape index (κ2) is 9.70. The van der Waals surface area contributed by atoms with Crippen molar-refractivity contribution >= 4 is 5.96 Å². The molecule has 0 aliphatic rings. The molecule has 1 heterocycles. The van der Waals surface area contributed by atoms with Crippen LogP contribution < -0.4 is 10.6 Å². The maximum atomic E-state index is 4.69. The Balaban J connectivity index is 1.97. The maximum Gasteiger partial charge on any atom is 0.191 e. The van der Waals surface area contributed by atoms with E-state index in [1.807, 2.05) is 4.57 Å². The normalized spacial score (nSPS) is 11.5. The number of hydrogen-bond acceptors (Lipinski definition) is 3. The van der Waals surface area contributed by atoms with E-state index in [1.165, 1.54) is 11.1 Å². The topological polar surface area (TPSA) is 67.1 Å². The van der Waals surface area contributed by atoms with Gasteiger partial charge < -0.3 is 15.2 Å². The van der Waals surface area contributed by atoms with Crippen molar-refractivity contribution in [2.75, 3.05) is 6.54 Å². The summed E-state index contributed by atoms with van der Waals surface area (Å²) in [4.78, 5) is 4.69. The second-order valence-electron chi connectivity index (χ2n) is 5.82. The Kier molecular flexibility index (Phi) is 7.26. The van der Waals surface area contributed by atoms with Gasteiger partial charge in [0, 0.05) is 13.1 Å². The van der Waals surface area contributed by atoms with Gasteiger partial charge in [0.05, 0.1) is 13.1 Å². The highest BCUT2D eigenvalue weighted by Gasteiger charge is 2.04. The Morgan fingerprint density at radius 3 is 2.67 bits per heavy atom. The van der Waals surface area contributed by atoms with Crippen LogP contribution in [-0.4, -0.2) is 27.3 Å². The Bertz CT molecular complexity index is 629. The molecular weight excluding hydrogens is 300 g/mol. The molecule has 6 nitrogen and oxygen atoms in total. The lowest BCUT2D eigenvalue weighted by Crippen LogP contribution is -2.38. The average molecular weight is 328 g/mol. The summed E-state index contributed by atoms with van der Waals surface area (Å²) in [5, 5.41) is 14.8. The van der Waals surface area contributed by atoms with Gasteiger partial charge in [0.1, 0.15) is 6.33 Å². The van der Waals surface area contributed by atoms with Crippen molar-refractivity contribution in [3.8, 4) is 0 Å². The molecule has 6 heteroatoms. The number of rotatable bonds is 8. The fourth-order valence-corrected chi connectivity index (χ4v) is 2.26. The summed E-state index contributed by atoms with van der Waals surface area (Å²) in [6.45, 7) is 9.40. The first-order chi connectivity index (χ1) is 11.7. The third-order valence-corrected chi connectivity index (χ3v) is 3.81. The number of aryl methyl sites for hydroxylation is 2. The van der Waals surface area contributed by atoms with Crippen LogP contribution in [0.1, 0.15) is 43.6 Å². The number of aromatic nitrogens is 3. The van der Waals surface area contributed by atoms with Crippen LogP contribution >= 0.6 is 0 Å². The van der Waals surface area contributed by atoms with Crippen LogP contribution in [0.4, 0.5) is 0 Å². The first kappa shape index (κ1) is 18.0. The van der Waals surface area contributed by atoms with E-state index in [2.05, 4.69) is 70.9 Å². The van der Waals surface area contributed by atoms with Gasteiger partial charge >= 0.3 is 0 Å². The Labute approximate surface area is 144 Å². The van der Waals surface area contributed by atoms with E-state index in [0.717, 1.165) is 37.7 Å². The summed E-state index contributed by atoms with van der Waals surface area (Å²) in [7, 11) is 0. The molecule has 2 N–H and O–H groups in total. The predicted octanol–water partition coefficient (Wildman–Crippen LogP) is 2.64. The molecule has 0 bridgehead atoms. The van der Waals surface area contributed by atoms with Crippen LogP contribution in [0.25, 0.3) is 0 Å². The molecule has 2 aromatic rings. The molecule has 24 heavy (non-hydrogen) atoms. The van der Waals surface area contributed by atoms with Crippen LogP contribution in [0.15, 0.2) is 35.6 Å². The molecule has 0 aliphatic carbocycles. The van der Waals surface area contributed by atoms with E-state index in [1.54, 1.807) is 6.33 Å². The lowest BCUT2D eigenvalue weighted by molar-refractivity contribution is 0.663. The molecule has 0 fully saturated rings. The molecule has 1 aromatic carbocycles. The highest BCUT2D eigenvalue weighted by atomic mass is 15.3. The zero-order valence-electron chi connectivity index (χ0n) is 14.9. The standard InChI is InChI=1S/C18H28N6/c1-4-6-11-19-18(20-12-16-9-7-15(3)8-10-16)21-13-17-23-22-14-24(17)5-2/h7-10,14H,4-6,11-13H2,1-3H3,(H2,19,20,21). The van der Waals surface area contributed by atoms with Crippen LogP contribution in [-0.2, 0) is 19.6 Å². The summed E-state index contributed by atoms with van der Waals surface area (Å²) in [6.07, 6.45) is 4.03. The first-order valence-corrected chi connectivity index (χ1v) is 8.67. The van der Waals surface area contributed by atoms with Gasteiger partial charge in [-0.05, 0) is 25.8 Å². The van der Waals surface area contributed by atoms with Crippen LogP contribution in [0.3, 0.4) is 0 Å².